The van der Waals surface area contributed by atoms with Gasteiger partial charge in [0.15, 0.2) is 0 Å². The van der Waals surface area contributed by atoms with Crippen LogP contribution in [-0.2, 0) is 26.0 Å². The molecule has 2 bridgehead atoms. The summed E-state index contributed by atoms with van der Waals surface area (Å²) in [5.41, 5.74) is 1.02. The number of hydrogen-bond donors (Lipinski definition) is 2. The summed E-state index contributed by atoms with van der Waals surface area (Å²) in [4.78, 5) is 11.4. The summed E-state index contributed by atoms with van der Waals surface area (Å²) in [6, 6.07) is 9.65. The zero-order valence-electron chi connectivity index (χ0n) is 18.2. The van der Waals surface area contributed by atoms with Crippen LogP contribution in [0.2, 0.25) is 0 Å². The molecule has 2 fully saturated rings. The number of ether oxygens (including phenoxy) is 1. The van der Waals surface area contributed by atoms with Crippen LogP contribution in [0, 0.1) is 11.8 Å². The minimum atomic E-state index is -3.34. The number of nitrogens with zero attached hydrogens (tertiary/aromatic N) is 1. The molecule has 2 aliphatic heterocycles. The quantitative estimate of drug-likeness (QED) is 0.221. The van der Waals surface area contributed by atoms with Crippen LogP contribution in [-0.4, -0.2) is 56.1 Å². The second-order valence-electron chi connectivity index (χ2n) is 8.54. The Labute approximate surface area is 185 Å². The average molecular weight is 451 g/mol. The van der Waals surface area contributed by atoms with E-state index in [0.29, 0.717) is 36.8 Å². The minimum absolute atomic E-state index is 0.0883. The number of amides is 1. The largest absolute Gasteiger partial charge is 0.374 e. The first-order chi connectivity index (χ1) is 14.9. The Balaban J connectivity index is 1.44. The van der Waals surface area contributed by atoms with Crippen LogP contribution in [0.4, 0.5) is 0 Å². The maximum Gasteiger partial charge on any atom is 0.245 e. The molecule has 7 nitrogen and oxygen atoms in total. The molecule has 0 unspecified atom stereocenters. The van der Waals surface area contributed by atoms with E-state index in [1.54, 1.807) is 0 Å². The molecule has 0 aromatic heterocycles. The van der Waals surface area contributed by atoms with Crippen molar-refractivity contribution in [1.29, 1.82) is 0 Å². The van der Waals surface area contributed by atoms with Gasteiger partial charge in [0.05, 0.1) is 18.0 Å². The lowest BCUT2D eigenvalue weighted by atomic mass is 9.77. The molecule has 1 aromatic rings. The van der Waals surface area contributed by atoms with E-state index in [1.165, 1.54) is 7.05 Å². The van der Waals surface area contributed by atoms with Gasteiger partial charge < -0.3 is 4.74 Å². The number of rotatable bonds is 12. The summed E-state index contributed by atoms with van der Waals surface area (Å²) in [6.07, 6.45) is 9.72. The highest BCUT2D eigenvalue weighted by Crippen LogP contribution is 2.45. The molecule has 1 amide bonds. The standard InChI is InChI=1S/C23H34N2O5S/c1-25(27)23(26)12-8-3-2-7-11-19-20(22-14-13-21(19)30-22)17-24-31(28,29)16-15-18-9-5-4-6-10-18/h2,4-7,9-10,19-22,24,27H,3,8,11-17H2,1H3/b7-2-/t19-,20+,21-,22+/m1/s1. The maximum absolute atomic E-state index is 12.5. The maximum atomic E-state index is 12.5. The van der Waals surface area contributed by atoms with Crippen LogP contribution in [0.1, 0.15) is 44.1 Å². The van der Waals surface area contributed by atoms with Gasteiger partial charge in [0.2, 0.25) is 15.9 Å². The van der Waals surface area contributed by atoms with Crippen molar-refractivity contribution in [1.82, 2.24) is 9.79 Å². The molecule has 0 spiro atoms. The van der Waals surface area contributed by atoms with Crippen molar-refractivity contribution < 1.29 is 23.2 Å². The third-order valence-electron chi connectivity index (χ3n) is 6.33. The molecular weight excluding hydrogens is 416 g/mol. The number of aryl methyl sites for hydroxylation is 1. The van der Waals surface area contributed by atoms with Gasteiger partial charge in [0.25, 0.3) is 0 Å². The number of hydroxylamine groups is 2. The molecule has 172 valence electrons. The number of carbonyl (C=O) groups excluding carboxylic acids is 1. The van der Waals surface area contributed by atoms with Gasteiger partial charge in [-0.15, -0.1) is 0 Å². The molecule has 1 aromatic carbocycles. The molecule has 2 aliphatic rings. The van der Waals surface area contributed by atoms with Crippen LogP contribution < -0.4 is 4.72 Å². The van der Waals surface area contributed by atoms with E-state index < -0.39 is 10.0 Å². The van der Waals surface area contributed by atoms with Crippen LogP contribution in [0.3, 0.4) is 0 Å². The molecule has 0 saturated carbocycles. The molecule has 0 aliphatic carbocycles. The fraction of sp³-hybridized carbons (Fsp3) is 0.609. The first-order valence-corrected chi connectivity index (χ1v) is 12.8. The normalized spacial score (nSPS) is 25.4. The molecule has 2 heterocycles. The first kappa shape index (κ1) is 23.9. The highest BCUT2D eigenvalue weighted by atomic mass is 32.2. The summed E-state index contributed by atoms with van der Waals surface area (Å²) < 4.78 is 33.9. The molecule has 0 radical (unpaired) electrons. The second-order valence-corrected chi connectivity index (χ2v) is 10.5. The highest BCUT2D eigenvalue weighted by Gasteiger charge is 2.48. The van der Waals surface area contributed by atoms with Crippen LogP contribution >= 0.6 is 0 Å². The van der Waals surface area contributed by atoms with Crippen molar-refractivity contribution in [2.75, 3.05) is 19.3 Å². The molecule has 8 heteroatoms. The average Bonchev–Trinajstić information content (AvgIpc) is 3.36. The van der Waals surface area contributed by atoms with Crippen molar-refractivity contribution in [2.45, 2.75) is 57.2 Å². The Morgan fingerprint density at radius 3 is 2.61 bits per heavy atom. The van der Waals surface area contributed by atoms with E-state index >= 15 is 0 Å². The summed E-state index contributed by atoms with van der Waals surface area (Å²) in [5.74, 6) is 0.316. The Bertz CT molecular complexity index is 841. The van der Waals surface area contributed by atoms with Gasteiger partial charge >= 0.3 is 0 Å². The summed E-state index contributed by atoms with van der Waals surface area (Å²) in [5, 5.41) is 9.69. The lowest BCUT2D eigenvalue weighted by molar-refractivity contribution is -0.159. The highest BCUT2D eigenvalue weighted by molar-refractivity contribution is 7.89. The van der Waals surface area contributed by atoms with Gasteiger partial charge in [-0.05, 0) is 50.0 Å². The fourth-order valence-corrected chi connectivity index (χ4v) is 5.67. The van der Waals surface area contributed by atoms with E-state index in [-0.39, 0.29) is 29.8 Å². The van der Waals surface area contributed by atoms with E-state index in [4.69, 9.17) is 9.94 Å². The van der Waals surface area contributed by atoms with Crippen molar-refractivity contribution in [2.24, 2.45) is 11.8 Å². The van der Waals surface area contributed by atoms with Gasteiger partial charge in [-0.25, -0.2) is 18.2 Å². The van der Waals surface area contributed by atoms with Gasteiger partial charge in [-0.3, -0.25) is 10.0 Å². The van der Waals surface area contributed by atoms with E-state index in [0.717, 1.165) is 31.2 Å². The number of benzene rings is 1. The lowest BCUT2D eigenvalue weighted by Gasteiger charge is -2.27. The number of hydrogen-bond acceptors (Lipinski definition) is 5. The van der Waals surface area contributed by atoms with Crippen molar-refractivity contribution in [3.63, 3.8) is 0 Å². The van der Waals surface area contributed by atoms with E-state index in [9.17, 15) is 13.2 Å². The topological polar surface area (TPSA) is 95.9 Å². The predicted molar refractivity (Wildman–Crippen MR) is 119 cm³/mol. The smallest absolute Gasteiger partial charge is 0.245 e. The van der Waals surface area contributed by atoms with Gasteiger partial charge in [0, 0.05) is 25.9 Å². The number of nitrogens with one attached hydrogen (secondary N) is 1. The van der Waals surface area contributed by atoms with Gasteiger partial charge in [-0.2, -0.15) is 0 Å². The molecule has 4 atom stereocenters. The van der Waals surface area contributed by atoms with Crippen LogP contribution in [0.5, 0.6) is 0 Å². The SMILES string of the molecule is CN(O)C(=O)CCC/C=C\C[C@@H]1[C@H](CNS(=O)(=O)CCc2ccccc2)[C@@H]2CC[C@H]1O2. The van der Waals surface area contributed by atoms with Crippen LogP contribution in [0.25, 0.3) is 0 Å². The second kappa shape index (κ2) is 11.2. The van der Waals surface area contributed by atoms with Crippen molar-refractivity contribution in [3.8, 4) is 0 Å². The zero-order chi connectivity index (χ0) is 22.3. The van der Waals surface area contributed by atoms with Crippen molar-refractivity contribution in [3.05, 3.63) is 48.0 Å². The predicted octanol–water partition coefficient (Wildman–Crippen LogP) is 2.91. The molecule has 31 heavy (non-hydrogen) atoms. The number of unbranched alkanes of at least 4 members (excludes halogenated alkanes) is 1. The van der Waals surface area contributed by atoms with Crippen LogP contribution in [0.15, 0.2) is 42.5 Å². The minimum Gasteiger partial charge on any atom is -0.374 e. The monoisotopic (exact) mass is 450 g/mol. The number of allylic oxidation sites excluding steroid dienone is 2. The van der Waals surface area contributed by atoms with E-state index in [2.05, 4.69) is 16.9 Å². The molecule has 2 N–H and O–H groups in total. The summed E-state index contributed by atoms with van der Waals surface area (Å²) >= 11 is 0. The fourth-order valence-electron chi connectivity index (χ4n) is 4.58. The number of fused-ring (bicyclic) bond motifs is 2. The molecule has 2 saturated heterocycles. The molecule has 3 rings (SSSR count). The summed E-state index contributed by atoms with van der Waals surface area (Å²) in [7, 11) is -2.00. The van der Waals surface area contributed by atoms with Gasteiger partial charge in [0.1, 0.15) is 0 Å². The third kappa shape index (κ3) is 7.14. The lowest BCUT2D eigenvalue weighted by Crippen LogP contribution is -2.39. The number of carbonyl (C=O) groups is 1. The zero-order valence-corrected chi connectivity index (χ0v) is 19.0. The summed E-state index contributed by atoms with van der Waals surface area (Å²) in [6.45, 7) is 0.425. The number of sulfonamides is 1. The first-order valence-electron chi connectivity index (χ1n) is 11.1. The Kier molecular flexibility index (Phi) is 8.66. The van der Waals surface area contributed by atoms with Gasteiger partial charge in [-0.1, -0.05) is 42.5 Å². The Morgan fingerprint density at radius 2 is 1.90 bits per heavy atom. The van der Waals surface area contributed by atoms with Crippen molar-refractivity contribution >= 4 is 15.9 Å². The molecular formula is C23H34N2O5S. The Hall–Kier alpha value is -1.74. The van der Waals surface area contributed by atoms with E-state index in [1.807, 2.05) is 30.3 Å². The third-order valence-corrected chi connectivity index (χ3v) is 7.68. The Morgan fingerprint density at radius 1 is 1.19 bits per heavy atom.